The molecule has 1 aliphatic rings. The third-order valence-electron chi connectivity index (χ3n) is 5.17. The lowest BCUT2D eigenvalue weighted by Crippen LogP contribution is -2.32. The summed E-state index contributed by atoms with van der Waals surface area (Å²) in [5.41, 5.74) is 12.1. The van der Waals surface area contributed by atoms with Gasteiger partial charge in [0.2, 0.25) is 5.13 Å². The fourth-order valence-corrected chi connectivity index (χ4v) is 5.30. The Morgan fingerprint density at radius 1 is 1.41 bits per heavy atom. The third kappa shape index (κ3) is 5.54. The number of benzene rings is 1. The first kappa shape index (κ1) is 22.2. The van der Waals surface area contributed by atoms with Crippen molar-refractivity contribution in [2.45, 2.75) is 30.7 Å². The topological polar surface area (TPSA) is 136 Å². The van der Waals surface area contributed by atoms with Crippen molar-refractivity contribution in [3.63, 3.8) is 0 Å². The molecule has 0 amide bonds. The predicted octanol–water partition coefficient (Wildman–Crippen LogP) is 2.49. The number of anilines is 2. The highest BCUT2D eigenvalue weighted by atomic mass is 35.5. The molecule has 1 fully saturated rings. The van der Waals surface area contributed by atoms with Gasteiger partial charge >= 0.3 is 0 Å². The highest BCUT2D eigenvalue weighted by molar-refractivity contribution is 7.93. The van der Waals surface area contributed by atoms with Gasteiger partial charge in [-0.1, -0.05) is 11.6 Å². The first-order valence-corrected chi connectivity index (χ1v) is 11.8. The minimum absolute atomic E-state index is 0.0401. The van der Waals surface area contributed by atoms with Crippen molar-refractivity contribution < 1.29 is 12.8 Å². The number of halogens is 2. The molecular weight excluding hydrogens is 439 g/mol. The van der Waals surface area contributed by atoms with Crippen molar-refractivity contribution in [1.29, 1.82) is 0 Å². The molecule has 160 valence electrons. The number of nitrogens with zero attached hydrogens (tertiary/aromatic N) is 2. The van der Waals surface area contributed by atoms with Crippen molar-refractivity contribution in [1.82, 2.24) is 9.36 Å². The van der Waals surface area contributed by atoms with Crippen LogP contribution in [0.3, 0.4) is 0 Å². The monoisotopic (exact) mass is 462 g/mol. The van der Waals surface area contributed by atoms with Gasteiger partial charge in [-0.3, -0.25) is 4.72 Å². The van der Waals surface area contributed by atoms with E-state index in [1.54, 1.807) is 0 Å². The van der Waals surface area contributed by atoms with Crippen molar-refractivity contribution in [3.05, 3.63) is 29.3 Å². The maximum absolute atomic E-state index is 14.6. The molecular formula is C17H24ClFN6O2S2. The van der Waals surface area contributed by atoms with Crippen molar-refractivity contribution in [2.24, 2.45) is 29.2 Å². The zero-order valence-electron chi connectivity index (χ0n) is 15.8. The van der Waals surface area contributed by atoms with E-state index < -0.39 is 20.7 Å². The van der Waals surface area contributed by atoms with Crippen molar-refractivity contribution in [2.75, 3.05) is 23.1 Å². The molecule has 1 heterocycles. The Kier molecular flexibility index (Phi) is 6.94. The molecule has 3 rings (SSSR count). The summed E-state index contributed by atoms with van der Waals surface area (Å²) in [6.45, 7) is 3.12. The predicted molar refractivity (Wildman–Crippen MR) is 113 cm³/mol. The molecule has 1 saturated carbocycles. The standard InChI is InChI=1S/C17H24ClFN6O2S2/c1-9(21)12(3-10-2-11(10)6-20)7-22-15-5-14(19)16(4-13(15)18)29(26,27)25-17-23-8-24-28-17/h4-5,8-12,22H,2-3,6-7,20-21H2,1H3,(H,23,24,25)/t9-,10+,11?,12+/m1/s1. The van der Waals surface area contributed by atoms with Crippen LogP contribution in [0, 0.1) is 23.6 Å². The highest BCUT2D eigenvalue weighted by Crippen LogP contribution is 2.42. The second kappa shape index (κ2) is 9.09. The number of aromatic nitrogens is 2. The fourth-order valence-electron chi connectivity index (χ4n) is 3.26. The molecule has 4 atom stereocenters. The smallest absolute Gasteiger partial charge is 0.266 e. The Balaban J connectivity index is 1.70. The summed E-state index contributed by atoms with van der Waals surface area (Å²) in [6, 6.07) is 2.10. The van der Waals surface area contributed by atoms with Crippen LogP contribution >= 0.6 is 23.1 Å². The number of hydrogen-bond donors (Lipinski definition) is 4. The molecule has 1 unspecified atom stereocenters. The minimum Gasteiger partial charge on any atom is -0.383 e. The molecule has 29 heavy (non-hydrogen) atoms. The lowest BCUT2D eigenvalue weighted by Gasteiger charge is -2.22. The van der Waals surface area contributed by atoms with Gasteiger partial charge in [0.15, 0.2) is 0 Å². The SMILES string of the molecule is C[C@@H](N)[C@H](CNc1cc(F)c(S(=O)(=O)Nc2ncns2)cc1Cl)C[C@@H]1CC1CN. The highest BCUT2D eigenvalue weighted by Gasteiger charge is 2.37. The molecule has 8 nitrogen and oxygen atoms in total. The summed E-state index contributed by atoms with van der Waals surface area (Å²) in [7, 11) is -4.18. The molecule has 0 spiro atoms. The Hall–Kier alpha value is -1.53. The van der Waals surface area contributed by atoms with Gasteiger partial charge in [0.1, 0.15) is 17.0 Å². The van der Waals surface area contributed by atoms with Gasteiger partial charge in [0.05, 0.1) is 10.7 Å². The van der Waals surface area contributed by atoms with E-state index in [4.69, 9.17) is 23.1 Å². The van der Waals surface area contributed by atoms with E-state index in [0.29, 0.717) is 30.6 Å². The van der Waals surface area contributed by atoms with E-state index in [9.17, 15) is 12.8 Å². The summed E-state index contributed by atoms with van der Waals surface area (Å²) in [4.78, 5) is 3.17. The quantitative estimate of drug-likeness (QED) is 0.425. The van der Waals surface area contributed by atoms with Crippen LogP contribution in [0.2, 0.25) is 5.02 Å². The number of nitrogens with two attached hydrogens (primary N) is 2. The Morgan fingerprint density at radius 3 is 2.76 bits per heavy atom. The van der Waals surface area contributed by atoms with Crippen LogP contribution in [0.25, 0.3) is 0 Å². The lowest BCUT2D eigenvalue weighted by atomic mass is 9.94. The van der Waals surface area contributed by atoms with E-state index >= 15 is 0 Å². The van der Waals surface area contributed by atoms with E-state index in [1.807, 2.05) is 6.92 Å². The number of nitrogens with one attached hydrogen (secondary N) is 2. The molecule has 6 N–H and O–H groups in total. The van der Waals surface area contributed by atoms with Crippen LogP contribution in [0.5, 0.6) is 0 Å². The number of rotatable bonds is 10. The first-order valence-electron chi connectivity index (χ1n) is 9.19. The summed E-state index contributed by atoms with van der Waals surface area (Å²) >= 11 is 7.07. The zero-order chi connectivity index (χ0) is 21.2. The molecule has 0 saturated heterocycles. The molecule has 0 radical (unpaired) electrons. The molecule has 12 heteroatoms. The van der Waals surface area contributed by atoms with Crippen LogP contribution in [0.4, 0.5) is 15.2 Å². The van der Waals surface area contributed by atoms with Crippen LogP contribution in [0.15, 0.2) is 23.4 Å². The van der Waals surface area contributed by atoms with Crippen LogP contribution in [-0.2, 0) is 10.0 Å². The van der Waals surface area contributed by atoms with Gasteiger partial charge in [0.25, 0.3) is 10.0 Å². The van der Waals surface area contributed by atoms with Gasteiger partial charge in [-0.25, -0.2) is 17.8 Å². The largest absolute Gasteiger partial charge is 0.383 e. The van der Waals surface area contributed by atoms with Crippen LogP contribution < -0.4 is 21.5 Å². The zero-order valence-corrected chi connectivity index (χ0v) is 18.2. The van der Waals surface area contributed by atoms with E-state index in [2.05, 4.69) is 19.4 Å². The van der Waals surface area contributed by atoms with Gasteiger partial charge in [-0.05, 0) is 56.2 Å². The summed E-state index contributed by atoms with van der Waals surface area (Å²) in [6.07, 6.45) is 3.25. The van der Waals surface area contributed by atoms with Crippen molar-refractivity contribution >= 4 is 44.0 Å². The molecule has 0 aliphatic heterocycles. The minimum atomic E-state index is -4.18. The maximum atomic E-state index is 14.6. The summed E-state index contributed by atoms with van der Waals surface area (Å²) in [5, 5.41) is 3.24. The van der Waals surface area contributed by atoms with Gasteiger partial charge < -0.3 is 16.8 Å². The average molecular weight is 463 g/mol. The molecule has 1 aromatic carbocycles. The Bertz CT molecular complexity index is 942. The molecule has 1 aromatic heterocycles. The van der Waals surface area contributed by atoms with Crippen molar-refractivity contribution in [3.8, 4) is 0 Å². The fraction of sp³-hybridized carbons (Fsp3) is 0.529. The lowest BCUT2D eigenvalue weighted by molar-refractivity contribution is 0.400. The molecule has 1 aliphatic carbocycles. The maximum Gasteiger partial charge on any atom is 0.266 e. The van der Waals surface area contributed by atoms with E-state index in [1.165, 1.54) is 6.33 Å². The number of hydrogen-bond acceptors (Lipinski definition) is 8. The second-order valence-corrected chi connectivity index (χ2v) is 10.2. The normalized spacial score (nSPS) is 20.9. The van der Waals surface area contributed by atoms with Gasteiger partial charge in [0, 0.05) is 24.1 Å². The summed E-state index contributed by atoms with van der Waals surface area (Å²) < 4.78 is 45.3. The van der Waals surface area contributed by atoms with Gasteiger partial charge in [-0.15, -0.1) is 0 Å². The number of sulfonamides is 1. The van der Waals surface area contributed by atoms with Crippen LogP contribution in [-0.4, -0.2) is 36.9 Å². The third-order valence-corrected chi connectivity index (χ3v) is 7.55. The van der Waals surface area contributed by atoms with Gasteiger partial charge in [-0.2, -0.15) is 4.37 Å². The Morgan fingerprint density at radius 2 is 2.17 bits per heavy atom. The molecule has 0 bridgehead atoms. The average Bonchev–Trinajstić information content (AvgIpc) is 3.22. The van der Waals surface area contributed by atoms with E-state index in [0.717, 1.165) is 36.5 Å². The van der Waals surface area contributed by atoms with E-state index in [-0.39, 0.29) is 22.1 Å². The second-order valence-electron chi connectivity index (χ2n) is 7.34. The summed E-state index contributed by atoms with van der Waals surface area (Å²) in [5.74, 6) is 0.376. The van der Waals surface area contributed by atoms with Crippen LogP contribution in [0.1, 0.15) is 19.8 Å². The Labute approximate surface area is 178 Å². The first-order chi connectivity index (χ1) is 13.7. The molecule has 2 aromatic rings.